The predicted molar refractivity (Wildman–Crippen MR) is 70.2 cm³/mol. The van der Waals surface area contributed by atoms with E-state index < -0.39 is 42.3 Å². The van der Waals surface area contributed by atoms with Crippen molar-refractivity contribution in [2.45, 2.75) is 45.2 Å². The standard InChI is InChI=1S/C12H17BrO7/c1-6(14)17-5-10-12(19-8(3)16)11(18-7(2)15)9(4-13)20-10/h9-12H,4-5H2,1-3H3. The largest absolute Gasteiger partial charge is 0.463 e. The fourth-order valence-corrected chi connectivity index (χ4v) is 2.45. The number of halogens is 1. The lowest BCUT2D eigenvalue weighted by molar-refractivity contribution is -0.165. The third-order valence-electron chi connectivity index (χ3n) is 2.61. The summed E-state index contributed by atoms with van der Waals surface area (Å²) in [7, 11) is 0. The predicted octanol–water partition coefficient (Wildman–Crippen LogP) is 0.575. The number of hydrogen-bond donors (Lipinski definition) is 0. The maximum atomic E-state index is 11.2. The van der Waals surface area contributed by atoms with E-state index in [-0.39, 0.29) is 6.61 Å². The van der Waals surface area contributed by atoms with Crippen LogP contribution in [0.3, 0.4) is 0 Å². The van der Waals surface area contributed by atoms with Crippen LogP contribution in [0.1, 0.15) is 20.8 Å². The van der Waals surface area contributed by atoms with E-state index in [2.05, 4.69) is 15.9 Å². The van der Waals surface area contributed by atoms with Gasteiger partial charge >= 0.3 is 17.9 Å². The quantitative estimate of drug-likeness (QED) is 0.406. The first-order chi connectivity index (χ1) is 9.35. The number of esters is 3. The molecule has 0 spiro atoms. The average molecular weight is 353 g/mol. The fraction of sp³-hybridized carbons (Fsp3) is 0.750. The lowest BCUT2D eigenvalue weighted by Crippen LogP contribution is -2.41. The highest BCUT2D eigenvalue weighted by atomic mass is 79.9. The molecule has 4 unspecified atom stereocenters. The molecule has 0 aromatic carbocycles. The van der Waals surface area contributed by atoms with Gasteiger partial charge in [0.25, 0.3) is 0 Å². The van der Waals surface area contributed by atoms with Crippen molar-refractivity contribution in [3.63, 3.8) is 0 Å². The molecule has 8 heteroatoms. The molecule has 0 amide bonds. The Hall–Kier alpha value is -1.15. The van der Waals surface area contributed by atoms with Crippen molar-refractivity contribution < 1.29 is 33.3 Å². The lowest BCUT2D eigenvalue weighted by atomic mass is 10.1. The van der Waals surface area contributed by atoms with Crippen molar-refractivity contribution in [2.24, 2.45) is 0 Å². The van der Waals surface area contributed by atoms with Gasteiger partial charge in [-0.2, -0.15) is 0 Å². The van der Waals surface area contributed by atoms with Gasteiger partial charge in [0, 0.05) is 26.1 Å². The summed E-state index contributed by atoms with van der Waals surface area (Å²) in [5, 5.41) is 0.388. The third-order valence-corrected chi connectivity index (χ3v) is 3.25. The van der Waals surface area contributed by atoms with Crippen LogP contribution in [0, 0.1) is 0 Å². The third kappa shape index (κ3) is 4.75. The Bertz CT molecular complexity index is 384. The van der Waals surface area contributed by atoms with Crippen molar-refractivity contribution >= 4 is 33.8 Å². The molecule has 0 aliphatic carbocycles. The van der Waals surface area contributed by atoms with Crippen LogP contribution in [0.15, 0.2) is 0 Å². The van der Waals surface area contributed by atoms with Crippen LogP contribution in [0.5, 0.6) is 0 Å². The molecule has 7 nitrogen and oxygen atoms in total. The minimum absolute atomic E-state index is 0.0749. The molecule has 1 saturated heterocycles. The molecule has 1 aliphatic rings. The summed E-state index contributed by atoms with van der Waals surface area (Å²) in [6, 6.07) is 0. The van der Waals surface area contributed by atoms with E-state index in [9.17, 15) is 14.4 Å². The molecule has 4 atom stereocenters. The molecule has 114 valence electrons. The van der Waals surface area contributed by atoms with Crippen LogP contribution >= 0.6 is 15.9 Å². The maximum Gasteiger partial charge on any atom is 0.303 e. The van der Waals surface area contributed by atoms with E-state index in [4.69, 9.17) is 18.9 Å². The van der Waals surface area contributed by atoms with Gasteiger partial charge in [0.05, 0.1) is 0 Å². The zero-order valence-corrected chi connectivity index (χ0v) is 13.0. The van der Waals surface area contributed by atoms with Crippen LogP contribution in [-0.2, 0) is 33.3 Å². The fourth-order valence-electron chi connectivity index (χ4n) is 1.93. The van der Waals surface area contributed by atoms with Gasteiger partial charge < -0.3 is 18.9 Å². The molecule has 0 N–H and O–H groups in total. The summed E-state index contributed by atoms with van der Waals surface area (Å²) in [6.07, 6.45) is -2.70. The lowest BCUT2D eigenvalue weighted by Gasteiger charge is -2.22. The number of hydrogen-bond acceptors (Lipinski definition) is 7. The second-order valence-corrected chi connectivity index (χ2v) is 4.97. The smallest absolute Gasteiger partial charge is 0.303 e. The molecular weight excluding hydrogens is 336 g/mol. The molecule has 0 bridgehead atoms. The number of ether oxygens (including phenoxy) is 4. The van der Waals surface area contributed by atoms with Crippen LogP contribution in [-0.4, -0.2) is 54.3 Å². The highest BCUT2D eigenvalue weighted by molar-refractivity contribution is 9.09. The average Bonchev–Trinajstić information content (AvgIpc) is 2.63. The van der Waals surface area contributed by atoms with E-state index in [1.54, 1.807) is 0 Å². The molecular formula is C12H17BrO7. The highest BCUT2D eigenvalue weighted by Crippen LogP contribution is 2.28. The first kappa shape index (κ1) is 16.9. The van der Waals surface area contributed by atoms with Crippen LogP contribution in [0.2, 0.25) is 0 Å². The van der Waals surface area contributed by atoms with Gasteiger partial charge in [-0.15, -0.1) is 0 Å². The molecule has 1 fully saturated rings. The van der Waals surface area contributed by atoms with Gasteiger partial charge in [-0.05, 0) is 0 Å². The summed E-state index contributed by atoms with van der Waals surface area (Å²) in [5.41, 5.74) is 0. The van der Waals surface area contributed by atoms with Crippen molar-refractivity contribution in [3.8, 4) is 0 Å². The first-order valence-electron chi connectivity index (χ1n) is 6.04. The monoisotopic (exact) mass is 352 g/mol. The highest BCUT2D eigenvalue weighted by Gasteiger charge is 2.48. The van der Waals surface area contributed by atoms with E-state index in [0.29, 0.717) is 5.33 Å². The zero-order valence-electron chi connectivity index (χ0n) is 11.5. The Labute approximate surface area is 125 Å². The van der Waals surface area contributed by atoms with E-state index in [1.807, 2.05) is 0 Å². The van der Waals surface area contributed by atoms with Crippen LogP contribution in [0.4, 0.5) is 0 Å². The normalized spacial score (nSPS) is 28.8. The molecule has 1 aliphatic heterocycles. The zero-order chi connectivity index (χ0) is 15.3. The number of rotatable bonds is 5. The van der Waals surface area contributed by atoms with Crippen molar-refractivity contribution in [2.75, 3.05) is 11.9 Å². The molecule has 20 heavy (non-hydrogen) atoms. The Kier molecular flexibility index (Phi) is 6.41. The summed E-state index contributed by atoms with van der Waals surface area (Å²) in [5.74, 6) is -1.50. The Morgan fingerprint density at radius 3 is 1.85 bits per heavy atom. The van der Waals surface area contributed by atoms with Gasteiger partial charge in [-0.25, -0.2) is 0 Å². The maximum absolute atomic E-state index is 11.2. The Morgan fingerprint density at radius 1 is 0.950 bits per heavy atom. The van der Waals surface area contributed by atoms with Crippen molar-refractivity contribution in [1.82, 2.24) is 0 Å². The summed E-state index contributed by atoms with van der Waals surface area (Å²) in [6.45, 7) is 3.69. The van der Waals surface area contributed by atoms with E-state index in [0.717, 1.165) is 0 Å². The van der Waals surface area contributed by atoms with Crippen molar-refractivity contribution in [3.05, 3.63) is 0 Å². The molecule has 1 heterocycles. The molecule has 0 aromatic rings. The second kappa shape index (κ2) is 7.58. The second-order valence-electron chi connectivity index (χ2n) is 4.32. The minimum atomic E-state index is -0.807. The summed E-state index contributed by atoms with van der Waals surface area (Å²) in [4.78, 5) is 33.2. The SMILES string of the molecule is CC(=O)OCC1OC(CBr)C(OC(C)=O)C1OC(C)=O. The van der Waals surface area contributed by atoms with E-state index >= 15 is 0 Å². The Morgan fingerprint density at radius 2 is 1.45 bits per heavy atom. The van der Waals surface area contributed by atoms with Gasteiger partial charge in [-0.3, -0.25) is 14.4 Å². The molecule has 0 saturated carbocycles. The van der Waals surface area contributed by atoms with E-state index in [1.165, 1.54) is 20.8 Å². The molecule has 0 aromatic heterocycles. The van der Waals surface area contributed by atoms with Gasteiger partial charge in [0.1, 0.15) is 18.8 Å². The number of carbonyl (C=O) groups is 3. The number of alkyl halides is 1. The van der Waals surface area contributed by atoms with Crippen LogP contribution in [0.25, 0.3) is 0 Å². The van der Waals surface area contributed by atoms with Gasteiger partial charge in [-0.1, -0.05) is 15.9 Å². The molecule has 0 radical (unpaired) electrons. The van der Waals surface area contributed by atoms with Gasteiger partial charge in [0.15, 0.2) is 12.2 Å². The van der Waals surface area contributed by atoms with Crippen molar-refractivity contribution in [1.29, 1.82) is 0 Å². The topological polar surface area (TPSA) is 88.1 Å². The summed E-state index contributed by atoms with van der Waals surface area (Å²) >= 11 is 3.24. The molecule has 1 rings (SSSR count). The van der Waals surface area contributed by atoms with Gasteiger partial charge in [0.2, 0.25) is 0 Å². The first-order valence-corrected chi connectivity index (χ1v) is 7.16. The van der Waals surface area contributed by atoms with Crippen LogP contribution < -0.4 is 0 Å². The minimum Gasteiger partial charge on any atom is -0.463 e. The number of carbonyl (C=O) groups excluding carboxylic acids is 3. The summed E-state index contributed by atoms with van der Waals surface area (Å²) < 4.78 is 20.8. The Balaban J connectivity index is 2.84.